The summed E-state index contributed by atoms with van der Waals surface area (Å²) in [7, 11) is 0. The molecule has 0 spiro atoms. The summed E-state index contributed by atoms with van der Waals surface area (Å²) in [4.78, 5) is 30.2. The van der Waals surface area contributed by atoms with Gasteiger partial charge in [0.15, 0.2) is 0 Å². The fraction of sp³-hybridized carbons (Fsp3) is 0.200. The Labute approximate surface area is 161 Å². The number of nitrogens with zero attached hydrogens (tertiary/aromatic N) is 3. The Bertz CT molecular complexity index is 985. The highest BCUT2D eigenvalue weighted by Crippen LogP contribution is 2.25. The second-order valence-electron chi connectivity index (χ2n) is 6.47. The first-order valence-corrected chi connectivity index (χ1v) is 8.89. The van der Waals surface area contributed by atoms with E-state index < -0.39 is 5.91 Å². The van der Waals surface area contributed by atoms with Gasteiger partial charge in [-0.2, -0.15) is 5.10 Å². The van der Waals surface area contributed by atoms with Crippen molar-refractivity contribution in [3.63, 3.8) is 0 Å². The molecule has 3 N–H and O–H groups in total. The number of ether oxygens (including phenoxy) is 1. The standard InChI is InChI=1S/C20H19N5O3/c21-19(26)14-6-4-13(5-7-14)15-2-1-3-16(23-15)18-12-25(10-11-28-18)20(27)17-8-9-22-24-17/h1-9,18H,10-12H2,(H2,21,26)(H,22,24). The normalized spacial score (nSPS) is 16.7. The maximum absolute atomic E-state index is 12.6. The average molecular weight is 377 g/mol. The molecule has 2 amide bonds. The molecule has 1 saturated heterocycles. The van der Waals surface area contributed by atoms with Crippen LogP contribution < -0.4 is 5.73 Å². The molecule has 0 radical (unpaired) electrons. The highest BCUT2D eigenvalue weighted by molar-refractivity contribution is 5.93. The topological polar surface area (TPSA) is 114 Å². The highest BCUT2D eigenvalue weighted by atomic mass is 16.5. The number of carbonyl (C=O) groups is 2. The van der Waals surface area contributed by atoms with Gasteiger partial charge in [0.1, 0.15) is 11.8 Å². The summed E-state index contributed by atoms with van der Waals surface area (Å²) < 4.78 is 5.86. The van der Waals surface area contributed by atoms with Gasteiger partial charge in [0.05, 0.1) is 24.5 Å². The van der Waals surface area contributed by atoms with E-state index in [1.165, 1.54) is 0 Å². The van der Waals surface area contributed by atoms with Gasteiger partial charge in [-0.1, -0.05) is 18.2 Å². The lowest BCUT2D eigenvalue weighted by Crippen LogP contribution is -2.42. The fourth-order valence-electron chi connectivity index (χ4n) is 3.15. The van der Waals surface area contributed by atoms with Gasteiger partial charge in [-0.05, 0) is 30.3 Å². The molecular formula is C20H19N5O3. The molecular weight excluding hydrogens is 358 g/mol. The second-order valence-corrected chi connectivity index (χ2v) is 6.47. The van der Waals surface area contributed by atoms with E-state index in [4.69, 9.17) is 15.5 Å². The van der Waals surface area contributed by atoms with Crippen molar-refractivity contribution in [1.29, 1.82) is 0 Å². The molecule has 1 unspecified atom stereocenters. The number of amides is 2. The molecule has 4 rings (SSSR count). The molecule has 1 aromatic carbocycles. The molecule has 142 valence electrons. The minimum atomic E-state index is -0.467. The van der Waals surface area contributed by atoms with Gasteiger partial charge in [-0.3, -0.25) is 14.7 Å². The summed E-state index contributed by atoms with van der Waals surface area (Å²) in [6.45, 7) is 1.36. The van der Waals surface area contributed by atoms with Crippen LogP contribution in [0.4, 0.5) is 0 Å². The van der Waals surface area contributed by atoms with Crippen molar-refractivity contribution in [2.45, 2.75) is 6.10 Å². The van der Waals surface area contributed by atoms with Crippen LogP contribution in [0, 0.1) is 0 Å². The van der Waals surface area contributed by atoms with Crippen LogP contribution in [0.25, 0.3) is 11.3 Å². The molecule has 1 fully saturated rings. The van der Waals surface area contributed by atoms with E-state index in [1.54, 1.807) is 29.3 Å². The second kappa shape index (κ2) is 7.61. The van der Waals surface area contributed by atoms with Crippen molar-refractivity contribution in [2.24, 2.45) is 5.73 Å². The fourth-order valence-corrected chi connectivity index (χ4v) is 3.15. The molecule has 1 aliphatic rings. The molecule has 2 aromatic heterocycles. The Hall–Kier alpha value is -3.52. The predicted octanol–water partition coefficient (Wildman–Crippen LogP) is 1.78. The Balaban J connectivity index is 1.53. The first kappa shape index (κ1) is 17.9. The van der Waals surface area contributed by atoms with E-state index in [0.717, 1.165) is 17.0 Å². The molecule has 8 heteroatoms. The van der Waals surface area contributed by atoms with E-state index in [9.17, 15) is 9.59 Å². The van der Waals surface area contributed by atoms with Crippen LogP contribution in [0.15, 0.2) is 54.7 Å². The van der Waals surface area contributed by atoms with Gasteiger partial charge in [-0.15, -0.1) is 0 Å². The lowest BCUT2D eigenvalue weighted by molar-refractivity contribution is -0.0248. The summed E-state index contributed by atoms with van der Waals surface area (Å²) in [6.07, 6.45) is 1.24. The monoisotopic (exact) mass is 377 g/mol. The van der Waals surface area contributed by atoms with Crippen molar-refractivity contribution in [2.75, 3.05) is 19.7 Å². The quantitative estimate of drug-likeness (QED) is 0.719. The van der Waals surface area contributed by atoms with E-state index in [-0.39, 0.29) is 12.0 Å². The summed E-state index contributed by atoms with van der Waals surface area (Å²) in [5.41, 5.74) is 8.57. The van der Waals surface area contributed by atoms with Crippen LogP contribution in [-0.2, 0) is 4.74 Å². The molecule has 0 saturated carbocycles. The lowest BCUT2D eigenvalue weighted by atomic mass is 10.1. The number of pyridine rings is 1. The average Bonchev–Trinajstić information content (AvgIpc) is 3.28. The molecule has 3 aromatic rings. The van der Waals surface area contributed by atoms with Gasteiger partial charge in [0.2, 0.25) is 5.91 Å². The van der Waals surface area contributed by atoms with Crippen molar-refractivity contribution in [3.8, 4) is 11.3 Å². The van der Waals surface area contributed by atoms with Crippen molar-refractivity contribution >= 4 is 11.8 Å². The van der Waals surface area contributed by atoms with Crippen molar-refractivity contribution in [1.82, 2.24) is 20.1 Å². The first-order chi connectivity index (χ1) is 13.6. The van der Waals surface area contributed by atoms with Gasteiger partial charge >= 0.3 is 0 Å². The SMILES string of the molecule is NC(=O)c1ccc(-c2cccc(C3CN(C(=O)c4ccn[nH]4)CCO3)n2)cc1. The molecule has 3 heterocycles. The zero-order chi connectivity index (χ0) is 19.5. The van der Waals surface area contributed by atoms with Crippen LogP contribution in [0.1, 0.15) is 32.6 Å². The number of aromatic nitrogens is 3. The highest BCUT2D eigenvalue weighted by Gasteiger charge is 2.27. The molecule has 1 aliphatic heterocycles. The molecule has 1 atom stereocenters. The van der Waals surface area contributed by atoms with Gasteiger partial charge in [0.25, 0.3) is 5.91 Å². The minimum absolute atomic E-state index is 0.107. The third kappa shape index (κ3) is 3.63. The number of nitrogens with two attached hydrogens (primary N) is 1. The van der Waals surface area contributed by atoms with Crippen LogP contribution in [0.3, 0.4) is 0 Å². The molecule has 28 heavy (non-hydrogen) atoms. The zero-order valence-electron chi connectivity index (χ0n) is 15.0. The maximum atomic E-state index is 12.6. The Kier molecular flexibility index (Phi) is 4.86. The minimum Gasteiger partial charge on any atom is -0.368 e. The largest absolute Gasteiger partial charge is 0.368 e. The number of aromatic amines is 1. The Morgan fingerprint density at radius 3 is 2.68 bits per heavy atom. The summed E-state index contributed by atoms with van der Waals surface area (Å²) in [5, 5.41) is 6.53. The summed E-state index contributed by atoms with van der Waals surface area (Å²) >= 11 is 0. The van der Waals surface area contributed by atoms with Gasteiger partial charge in [0, 0.05) is 23.9 Å². The van der Waals surface area contributed by atoms with E-state index in [1.807, 2.05) is 30.3 Å². The smallest absolute Gasteiger partial charge is 0.272 e. The lowest BCUT2D eigenvalue weighted by Gasteiger charge is -2.32. The molecule has 0 aliphatic carbocycles. The molecule has 8 nitrogen and oxygen atoms in total. The number of benzene rings is 1. The van der Waals surface area contributed by atoms with Crippen molar-refractivity contribution in [3.05, 3.63) is 71.7 Å². The number of rotatable bonds is 4. The number of hydrogen-bond acceptors (Lipinski definition) is 5. The number of morpholine rings is 1. The van der Waals surface area contributed by atoms with Crippen molar-refractivity contribution < 1.29 is 14.3 Å². The number of nitrogens with one attached hydrogen (secondary N) is 1. The van der Waals surface area contributed by atoms with Crippen LogP contribution in [0.2, 0.25) is 0 Å². The number of H-pyrrole nitrogens is 1. The summed E-state index contributed by atoms with van der Waals surface area (Å²) in [6, 6.07) is 14.3. The van der Waals surface area contributed by atoms with E-state index >= 15 is 0 Å². The molecule has 0 bridgehead atoms. The van der Waals surface area contributed by atoms with Gasteiger partial charge < -0.3 is 15.4 Å². The first-order valence-electron chi connectivity index (χ1n) is 8.89. The Morgan fingerprint density at radius 1 is 1.14 bits per heavy atom. The summed E-state index contributed by atoms with van der Waals surface area (Å²) in [5.74, 6) is -0.574. The van der Waals surface area contributed by atoms with Crippen LogP contribution >= 0.6 is 0 Å². The van der Waals surface area contributed by atoms with Gasteiger partial charge in [-0.25, -0.2) is 4.98 Å². The zero-order valence-corrected chi connectivity index (χ0v) is 15.0. The number of hydrogen-bond donors (Lipinski definition) is 2. The third-order valence-corrected chi connectivity index (χ3v) is 4.65. The Morgan fingerprint density at radius 2 is 1.96 bits per heavy atom. The number of primary amides is 1. The van der Waals surface area contributed by atoms with E-state index in [2.05, 4.69) is 10.2 Å². The maximum Gasteiger partial charge on any atom is 0.272 e. The third-order valence-electron chi connectivity index (χ3n) is 4.65. The number of carbonyl (C=O) groups excluding carboxylic acids is 2. The van der Waals surface area contributed by atoms with Crippen LogP contribution in [-0.4, -0.2) is 51.6 Å². The predicted molar refractivity (Wildman–Crippen MR) is 101 cm³/mol. The van der Waals surface area contributed by atoms with E-state index in [0.29, 0.717) is 31.0 Å². The van der Waals surface area contributed by atoms with Crippen LogP contribution in [0.5, 0.6) is 0 Å².